The second kappa shape index (κ2) is 5.85. The Bertz CT molecular complexity index is 658. The van der Waals surface area contributed by atoms with Crippen LogP contribution in [0, 0.1) is 11.6 Å². The summed E-state index contributed by atoms with van der Waals surface area (Å²) < 4.78 is 26.6. The van der Waals surface area contributed by atoms with Gasteiger partial charge in [-0.3, -0.25) is 0 Å². The van der Waals surface area contributed by atoms with Crippen LogP contribution in [0.15, 0.2) is 24.4 Å². The van der Waals surface area contributed by atoms with Crippen LogP contribution in [0.25, 0.3) is 0 Å². The first-order valence-corrected chi connectivity index (χ1v) is 7.13. The van der Waals surface area contributed by atoms with Crippen molar-refractivity contribution in [1.82, 2.24) is 15.3 Å². The van der Waals surface area contributed by atoms with Crippen molar-refractivity contribution in [3.8, 4) is 0 Å². The number of aryl methyl sites for hydroxylation is 1. The fraction of sp³-hybridized carbons (Fsp3) is 0.375. The normalized spacial score (nSPS) is 17.6. The van der Waals surface area contributed by atoms with Crippen LogP contribution in [-0.4, -0.2) is 17.0 Å². The summed E-state index contributed by atoms with van der Waals surface area (Å²) in [5.41, 5.74) is 2.58. The molecule has 0 amide bonds. The summed E-state index contributed by atoms with van der Waals surface area (Å²) in [4.78, 5) is 8.90. The van der Waals surface area contributed by atoms with Crippen molar-refractivity contribution >= 4 is 0 Å². The summed E-state index contributed by atoms with van der Waals surface area (Å²) in [5, 5.41) is 3.26. The number of fused-ring (bicyclic) bond motifs is 1. The quantitative estimate of drug-likeness (QED) is 0.944. The Labute approximate surface area is 122 Å². The van der Waals surface area contributed by atoms with Crippen molar-refractivity contribution in [2.45, 2.75) is 31.7 Å². The molecule has 1 aliphatic carbocycles. The molecule has 0 radical (unpaired) electrons. The Morgan fingerprint density at radius 2 is 2.19 bits per heavy atom. The molecular weight excluding hydrogens is 272 g/mol. The molecule has 1 aromatic carbocycles. The standard InChI is InChI=1S/C16H17F2N3/c1-19-14-3-2-4-15-12(14)9-20-16(21-15)7-10-5-6-11(17)8-13(10)18/h5-6,8-9,14,19H,2-4,7H2,1H3. The third-order valence-electron chi connectivity index (χ3n) is 3.94. The lowest BCUT2D eigenvalue weighted by atomic mass is 9.92. The lowest BCUT2D eigenvalue weighted by molar-refractivity contribution is 0.485. The van der Waals surface area contributed by atoms with Gasteiger partial charge in [0.15, 0.2) is 0 Å². The molecule has 3 rings (SSSR count). The zero-order valence-corrected chi connectivity index (χ0v) is 11.9. The van der Waals surface area contributed by atoms with Gasteiger partial charge in [-0.05, 0) is 37.9 Å². The lowest BCUT2D eigenvalue weighted by Crippen LogP contribution is -2.23. The van der Waals surface area contributed by atoms with E-state index in [1.165, 1.54) is 12.1 Å². The van der Waals surface area contributed by atoms with E-state index in [1.807, 2.05) is 13.2 Å². The van der Waals surface area contributed by atoms with Gasteiger partial charge in [-0.2, -0.15) is 0 Å². The number of aromatic nitrogens is 2. The van der Waals surface area contributed by atoms with Gasteiger partial charge in [0.25, 0.3) is 0 Å². The second-order valence-corrected chi connectivity index (χ2v) is 5.33. The molecule has 1 N–H and O–H groups in total. The molecule has 3 nitrogen and oxygen atoms in total. The summed E-state index contributed by atoms with van der Waals surface area (Å²) in [6.45, 7) is 0. The van der Waals surface area contributed by atoms with E-state index < -0.39 is 11.6 Å². The smallest absolute Gasteiger partial charge is 0.133 e. The maximum absolute atomic E-state index is 13.7. The van der Waals surface area contributed by atoms with Gasteiger partial charge >= 0.3 is 0 Å². The van der Waals surface area contributed by atoms with Crippen LogP contribution >= 0.6 is 0 Å². The summed E-state index contributed by atoms with van der Waals surface area (Å²) >= 11 is 0. The molecule has 0 saturated carbocycles. The summed E-state index contributed by atoms with van der Waals surface area (Å²) in [6, 6.07) is 3.90. The van der Waals surface area contributed by atoms with Crippen molar-refractivity contribution in [3.05, 3.63) is 58.7 Å². The van der Waals surface area contributed by atoms with Crippen molar-refractivity contribution in [1.29, 1.82) is 0 Å². The molecule has 1 heterocycles. The Balaban J connectivity index is 1.87. The number of nitrogens with zero attached hydrogens (tertiary/aromatic N) is 2. The van der Waals surface area contributed by atoms with E-state index in [1.54, 1.807) is 0 Å². The molecule has 5 heteroatoms. The van der Waals surface area contributed by atoms with Crippen LogP contribution < -0.4 is 5.32 Å². The average molecular weight is 289 g/mol. The fourth-order valence-corrected chi connectivity index (χ4v) is 2.81. The van der Waals surface area contributed by atoms with Gasteiger partial charge in [0.1, 0.15) is 17.5 Å². The molecule has 1 aromatic heterocycles. The van der Waals surface area contributed by atoms with Gasteiger partial charge in [-0.15, -0.1) is 0 Å². The third kappa shape index (κ3) is 2.93. The summed E-state index contributed by atoms with van der Waals surface area (Å²) in [7, 11) is 1.93. The van der Waals surface area contributed by atoms with Gasteiger partial charge in [0.2, 0.25) is 0 Å². The van der Waals surface area contributed by atoms with Crippen molar-refractivity contribution in [3.63, 3.8) is 0 Å². The lowest BCUT2D eigenvalue weighted by Gasteiger charge is -2.24. The highest BCUT2D eigenvalue weighted by molar-refractivity contribution is 5.27. The number of nitrogens with one attached hydrogen (secondary N) is 1. The van der Waals surface area contributed by atoms with Crippen LogP contribution in [0.4, 0.5) is 8.78 Å². The van der Waals surface area contributed by atoms with E-state index in [0.29, 0.717) is 17.4 Å². The molecule has 0 fully saturated rings. The van der Waals surface area contributed by atoms with Gasteiger partial charge < -0.3 is 5.32 Å². The first kappa shape index (κ1) is 14.1. The molecule has 1 aliphatic rings. The fourth-order valence-electron chi connectivity index (χ4n) is 2.81. The molecule has 0 aliphatic heterocycles. The maximum Gasteiger partial charge on any atom is 0.133 e. The van der Waals surface area contributed by atoms with Gasteiger partial charge in [-0.25, -0.2) is 18.7 Å². The van der Waals surface area contributed by atoms with E-state index in [2.05, 4.69) is 15.3 Å². The van der Waals surface area contributed by atoms with Crippen LogP contribution in [-0.2, 0) is 12.8 Å². The minimum Gasteiger partial charge on any atom is -0.313 e. The number of hydrogen-bond acceptors (Lipinski definition) is 3. The number of hydrogen-bond donors (Lipinski definition) is 1. The Morgan fingerprint density at radius 1 is 1.33 bits per heavy atom. The van der Waals surface area contributed by atoms with Crippen LogP contribution in [0.1, 0.15) is 41.5 Å². The van der Waals surface area contributed by atoms with Gasteiger partial charge in [0, 0.05) is 36.0 Å². The van der Waals surface area contributed by atoms with Crippen molar-refractivity contribution in [2.24, 2.45) is 0 Å². The van der Waals surface area contributed by atoms with E-state index >= 15 is 0 Å². The Morgan fingerprint density at radius 3 is 2.95 bits per heavy atom. The summed E-state index contributed by atoms with van der Waals surface area (Å²) in [6.07, 6.45) is 5.20. The molecule has 1 unspecified atom stereocenters. The second-order valence-electron chi connectivity index (χ2n) is 5.33. The zero-order chi connectivity index (χ0) is 14.8. The molecule has 0 bridgehead atoms. The predicted octanol–water partition coefficient (Wildman–Crippen LogP) is 2.94. The highest BCUT2D eigenvalue weighted by Gasteiger charge is 2.21. The molecule has 0 spiro atoms. The molecular formula is C16H17F2N3. The minimum atomic E-state index is -0.570. The zero-order valence-electron chi connectivity index (χ0n) is 11.9. The van der Waals surface area contributed by atoms with Crippen LogP contribution in [0.2, 0.25) is 0 Å². The molecule has 1 atom stereocenters. The van der Waals surface area contributed by atoms with Gasteiger partial charge in [-0.1, -0.05) is 6.07 Å². The highest BCUT2D eigenvalue weighted by atomic mass is 19.1. The van der Waals surface area contributed by atoms with E-state index in [0.717, 1.165) is 36.6 Å². The Kier molecular flexibility index (Phi) is 3.92. The van der Waals surface area contributed by atoms with Crippen molar-refractivity contribution in [2.75, 3.05) is 7.05 Å². The monoisotopic (exact) mass is 289 g/mol. The maximum atomic E-state index is 13.7. The van der Waals surface area contributed by atoms with Crippen LogP contribution in [0.3, 0.4) is 0 Å². The predicted molar refractivity (Wildman–Crippen MR) is 75.9 cm³/mol. The molecule has 110 valence electrons. The van der Waals surface area contributed by atoms with E-state index in [9.17, 15) is 8.78 Å². The third-order valence-corrected chi connectivity index (χ3v) is 3.94. The van der Waals surface area contributed by atoms with Gasteiger partial charge in [0.05, 0.1) is 0 Å². The topological polar surface area (TPSA) is 37.8 Å². The Hall–Kier alpha value is -1.88. The minimum absolute atomic E-state index is 0.281. The van der Waals surface area contributed by atoms with Crippen molar-refractivity contribution < 1.29 is 8.78 Å². The highest BCUT2D eigenvalue weighted by Crippen LogP contribution is 2.27. The number of benzene rings is 1. The number of halogens is 2. The molecule has 21 heavy (non-hydrogen) atoms. The first-order valence-electron chi connectivity index (χ1n) is 7.13. The SMILES string of the molecule is CNC1CCCc2nc(Cc3ccc(F)cc3F)ncc21. The number of rotatable bonds is 3. The summed E-state index contributed by atoms with van der Waals surface area (Å²) in [5.74, 6) is -0.542. The van der Waals surface area contributed by atoms with Crippen LogP contribution in [0.5, 0.6) is 0 Å². The van der Waals surface area contributed by atoms with E-state index in [4.69, 9.17) is 0 Å². The average Bonchev–Trinajstić information content (AvgIpc) is 2.49. The largest absolute Gasteiger partial charge is 0.313 e. The molecule has 0 saturated heterocycles. The van der Waals surface area contributed by atoms with E-state index in [-0.39, 0.29) is 6.42 Å². The first-order chi connectivity index (χ1) is 10.2. The molecule has 2 aromatic rings.